The van der Waals surface area contributed by atoms with E-state index in [-0.39, 0.29) is 43.1 Å². The van der Waals surface area contributed by atoms with Crippen molar-refractivity contribution < 1.29 is 24.0 Å². The van der Waals surface area contributed by atoms with E-state index in [9.17, 15) is 24.0 Å². The average molecular weight is 522 g/mol. The first-order valence-electron chi connectivity index (χ1n) is 12.3. The number of nitrogens with one attached hydrogen (secondary N) is 2. The van der Waals surface area contributed by atoms with Gasteiger partial charge in [0.15, 0.2) is 6.04 Å². The van der Waals surface area contributed by atoms with Crippen LogP contribution in [0.2, 0.25) is 0 Å². The summed E-state index contributed by atoms with van der Waals surface area (Å²) in [6.45, 7) is 5.76. The maximum atomic E-state index is 13.4. The van der Waals surface area contributed by atoms with Gasteiger partial charge in [-0.15, -0.1) is 11.3 Å². The standard InChI is InChI=1S/C26H27N5O5S/c1-3-21-28-18(13-37-21)23(25(35)27-15-5-6-15)31(22(33)4-2)16-7-8-17-14(11-16)12-30(26(17)36)19-9-10-20(32)29-24(19)34/h4,7-8,11,13,15,19,23H,2-3,5-6,9-10,12H2,1H3,(H,27,35)(H,29,32,34). The van der Waals surface area contributed by atoms with E-state index in [0.29, 0.717) is 28.9 Å². The third-order valence-electron chi connectivity index (χ3n) is 6.78. The van der Waals surface area contributed by atoms with Crippen molar-refractivity contribution in [3.8, 4) is 0 Å². The molecule has 0 radical (unpaired) electrons. The number of piperidine rings is 1. The van der Waals surface area contributed by atoms with Crippen molar-refractivity contribution in [3.05, 3.63) is 58.1 Å². The number of imide groups is 1. The number of hydrogen-bond donors (Lipinski definition) is 2. The molecule has 2 aromatic rings. The van der Waals surface area contributed by atoms with E-state index in [1.54, 1.807) is 23.6 Å². The molecule has 2 unspecified atom stereocenters. The molecule has 192 valence electrons. The fourth-order valence-electron chi connectivity index (χ4n) is 4.72. The van der Waals surface area contributed by atoms with Crippen LogP contribution < -0.4 is 15.5 Å². The highest BCUT2D eigenvalue weighted by Crippen LogP contribution is 2.35. The molecule has 2 fully saturated rings. The number of fused-ring (bicyclic) bond motifs is 1. The molecule has 0 bridgehead atoms. The van der Waals surface area contributed by atoms with E-state index in [0.717, 1.165) is 23.9 Å². The first-order chi connectivity index (χ1) is 17.8. The third-order valence-corrected chi connectivity index (χ3v) is 7.79. The Labute approximate surface area is 217 Å². The van der Waals surface area contributed by atoms with Crippen molar-refractivity contribution in [2.45, 2.75) is 63.7 Å². The molecular weight excluding hydrogens is 494 g/mol. The molecule has 3 heterocycles. The highest BCUT2D eigenvalue weighted by atomic mass is 32.1. The molecule has 1 aromatic heterocycles. The summed E-state index contributed by atoms with van der Waals surface area (Å²) >= 11 is 1.43. The minimum Gasteiger partial charge on any atom is -0.351 e. The topological polar surface area (TPSA) is 129 Å². The van der Waals surface area contributed by atoms with Gasteiger partial charge >= 0.3 is 0 Å². The average Bonchev–Trinajstić information content (AvgIpc) is 3.46. The molecule has 5 amide bonds. The summed E-state index contributed by atoms with van der Waals surface area (Å²) in [4.78, 5) is 71.1. The van der Waals surface area contributed by atoms with Crippen LogP contribution in [0.15, 0.2) is 36.2 Å². The Kier molecular flexibility index (Phi) is 6.63. The Morgan fingerprint density at radius 3 is 2.73 bits per heavy atom. The lowest BCUT2D eigenvalue weighted by Crippen LogP contribution is -2.52. The molecule has 1 aromatic carbocycles. The number of thiazole rings is 1. The van der Waals surface area contributed by atoms with Crippen LogP contribution in [0.1, 0.15) is 65.3 Å². The number of carbonyl (C=O) groups is 5. The minimum absolute atomic E-state index is 0.0830. The Bertz CT molecular complexity index is 1320. The van der Waals surface area contributed by atoms with Crippen molar-refractivity contribution in [2.75, 3.05) is 4.90 Å². The monoisotopic (exact) mass is 521 g/mol. The minimum atomic E-state index is -1.01. The molecule has 2 aliphatic heterocycles. The van der Waals surface area contributed by atoms with Crippen molar-refractivity contribution in [1.29, 1.82) is 0 Å². The fourth-order valence-corrected chi connectivity index (χ4v) is 5.48. The van der Waals surface area contributed by atoms with Gasteiger partial charge in [0.1, 0.15) is 6.04 Å². The van der Waals surface area contributed by atoms with Gasteiger partial charge < -0.3 is 10.2 Å². The van der Waals surface area contributed by atoms with Crippen LogP contribution >= 0.6 is 11.3 Å². The van der Waals surface area contributed by atoms with Crippen LogP contribution in [0.5, 0.6) is 0 Å². The van der Waals surface area contributed by atoms with E-state index < -0.39 is 23.9 Å². The van der Waals surface area contributed by atoms with E-state index >= 15 is 0 Å². The van der Waals surface area contributed by atoms with Gasteiger partial charge in [-0.2, -0.15) is 0 Å². The van der Waals surface area contributed by atoms with Gasteiger partial charge in [0.05, 0.1) is 10.7 Å². The number of carbonyl (C=O) groups excluding carboxylic acids is 5. The number of nitrogens with zero attached hydrogens (tertiary/aromatic N) is 3. The zero-order valence-corrected chi connectivity index (χ0v) is 21.2. The van der Waals surface area contributed by atoms with Crippen LogP contribution in [0.25, 0.3) is 0 Å². The van der Waals surface area contributed by atoms with Gasteiger partial charge in [-0.25, -0.2) is 4.98 Å². The van der Waals surface area contributed by atoms with Crippen LogP contribution in [0.4, 0.5) is 5.69 Å². The molecule has 2 atom stereocenters. The number of rotatable bonds is 8. The van der Waals surface area contributed by atoms with E-state index in [4.69, 9.17) is 0 Å². The number of hydrogen-bond acceptors (Lipinski definition) is 7. The SMILES string of the molecule is C=CC(=O)N(c1ccc2c(c1)CN(C1CCC(=O)NC1=O)C2=O)C(C(=O)NC1CC1)c1csc(CC)n1. The van der Waals surface area contributed by atoms with Crippen molar-refractivity contribution in [3.63, 3.8) is 0 Å². The molecule has 10 nitrogen and oxygen atoms in total. The first-order valence-corrected chi connectivity index (χ1v) is 13.2. The lowest BCUT2D eigenvalue weighted by Gasteiger charge is -2.30. The second-order valence-corrected chi connectivity index (χ2v) is 10.3. The van der Waals surface area contributed by atoms with Crippen LogP contribution in [-0.2, 0) is 32.1 Å². The summed E-state index contributed by atoms with van der Waals surface area (Å²) in [5, 5.41) is 7.93. The zero-order valence-electron chi connectivity index (χ0n) is 20.4. The van der Waals surface area contributed by atoms with Gasteiger partial charge in [0.2, 0.25) is 17.7 Å². The maximum absolute atomic E-state index is 13.4. The van der Waals surface area contributed by atoms with E-state index in [1.165, 1.54) is 21.1 Å². The molecule has 37 heavy (non-hydrogen) atoms. The number of benzene rings is 1. The summed E-state index contributed by atoms with van der Waals surface area (Å²) in [6.07, 6.45) is 4.05. The van der Waals surface area contributed by atoms with Crippen molar-refractivity contribution in [2.24, 2.45) is 0 Å². The predicted molar refractivity (Wildman–Crippen MR) is 136 cm³/mol. The van der Waals surface area contributed by atoms with Gasteiger partial charge in [-0.3, -0.25) is 34.2 Å². The van der Waals surface area contributed by atoms with Crippen molar-refractivity contribution in [1.82, 2.24) is 20.5 Å². The number of amides is 5. The second-order valence-electron chi connectivity index (χ2n) is 9.36. The lowest BCUT2D eigenvalue weighted by atomic mass is 10.0. The lowest BCUT2D eigenvalue weighted by molar-refractivity contribution is -0.137. The molecule has 1 saturated carbocycles. The third kappa shape index (κ3) is 4.78. The summed E-state index contributed by atoms with van der Waals surface area (Å²) in [5.41, 5.74) is 1.93. The first kappa shape index (κ1) is 24.8. The Balaban J connectivity index is 1.50. The van der Waals surface area contributed by atoms with E-state index in [1.807, 2.05) is 6.92 Å². The molecular formula is C26H27N5O5S. The largest absolute Gasteiger partial charge is 0.351 e. The second kappa shape index (κ2) is 9.89. The van der Waals surface area contributed by atoms with Gasteiger partial charge in [0.25, 0.3) is 11.8 Å². The molecule has 0 spiro atoms. The Morgan fingerprint density at radius 1 is 1.30 bits per heavy atom. The smallest absolute Gasteiger partial charge is 0.255 e. The van der Waals surface area contributed by atoms with Gasteiger partial charge in [-0.1, -0.05) is 13.5 Å². The molecule has 5 rings (SSSR count). The molecule has 1 saturated heterocycles. The summed E-state index contributed by atoms with van der Waals surface area (Å²) in [5.74, 6) is -1.96. The fraction of sp³-hybridized carbons (Fsp3) is 0.385. The van der Waals surface area contributed by atoms with Gasteiger partial charge in [0, 0.05) is 35.6 Å². The summed E-state index contributed by atoms with van der Waals surface area (Å²) < 4.78 is 0. The molecule has 1 aliphatic carbocycles. The maximum Gasteiger partial charge on any atom is 0.255 e. The quantitative estimate of drug-likeness (QED) is 0.404. The molecule has 11 heteroatoms. The molecule has 2 N–H and O–H groups in total. The van der Waals surface area contributed by atoms with Crippen molar-refractivity contribution >= 4 is 46.6 Å². The van der Waals surface area contributed by atoms with Crippen LogP contribution in [-0.4, -0.2) is 51.5 Å². The Hall–Kier alpha value is -3.86. The van der Waals surface area contributed by atoms with Crippen LogP contribution in [0.3, 0.4) is 0 Å². The number of aromatic nitrogens is 1. The highest BCUT2D eigenvalue weighted by Gasteiger charge is 2.41. The predicted octanol–water partition coefficient (Wildman–Crippen LogP) is 2.01. The normalized spacial score (nSPS) is 19.8. The number of aryl methyl sites for hydroxylation is 1. The molecule has 3 aliphatic rings. The van der Waals surface area contributed by atoms with Crippen LogP contribution in [0, 0.1) is 0 Å². The highest BCUT2D eigenvalue weighted by molar-refractivity contribution is 7.09. The summed E-state index contributed by atoms with van der Waals surface area (Å²) in [6, 6.07) is 3.26. The Morgan fingerprint density at radius 2 is 2.08 bits per heavy atom. The summed E-state index contributed by atoms with van der Waals surface area (Å²) in [7, 11) is 0. The zero-order chi connectivity index (χ0) is 26.3. The number of anilines is 1. The van der Waals surface area contributed by atoms with E-state index in [2.05, 4.69) is 22.2 Å². The van der Waals surface area contributed by atoms with Gasteiger partial charge in [-0.05, 0) is 55.5 Å².